The van der Waals surface area contributed by atoms with Crippen LogP contribution in [0.5, 0.6) is 11.5 Å². The highest BCUT2D eigenvalue weighted by Crippen LogP contribution is 2.34. The third kappa shape index (κ3) is 2.96. The quantitative estimate of drug-likeness (QED) is 0.751. The summed E-state index contributed by atoms with van der Waals surface area (Å²) < 4.78 is 42.8. The second-order valence-corrected chi connectivity index (χ2v) is 3.89. The van der Waals surface area contributed by atoms with Crippen molar-refractivity contribution in [3.63, 3.8) is 0 Å². The van der Waals surface area contributed by atoms with E-state index in [2.05, 4.69) is 6.07 Å². The Morgan fingerprint density at radius 1 is 1.17 bits per heavy atom. The van der Waals surface area contributed by atoms with Gasteiger partial charge in [0.05, 0.1) is 10.6 Å². The average Bonchev–Trinajstić information content (AvgIpc) is 2.31. The fourth-order valence-corrected chi connectivity index (χ4v) is 1.51. The van der Waals surface area contributed by atoms with Crippen LogP contribution < -0.4 is 4.74 Å². The minimum Gasteiger partial charge on any atom is -0.456 e. The molecule has 0 unspecified atom stereocenters. The molecule has 0 saturated carbocycles. The highest BCUT2D eigenvalue weighted by atomic mass is 35.5. The zero-order chi connectivity index (χ0) is 13.2. The average molecular weight is 272 g/mol. The first-order valence-electron chi connectivity index (χ1n) is 4.97. The van der Waals surface area contributed by atoms with Crippen molar-refractivity contribution in [1.82, 2.24) is 0 Å². The lowest BCUT2D eigenvalue weighted by Crippen LogP contribution is -2.04. The van der Waals surface area contributed by atoms with Gasteiger partial charge in [0.25, 0.3) is 0 Å². The predicted molar refractivity (Wildman–Crippen MR) is 61.8 cm³/mol. The number of rotatable bonds is 2. The molecule has 0 fully saturated rings. The van der Waals surface area contributed by atoms with Gasteiger partial charge >= 0.3 is 6.18 Å². The Morgan fingerprint density at radius 2 is 1.94 bits per heavy atom. The SMILES string of the molecule is FC(F)(F)c1cccc(Oc2cc[c]cc2Cl)c1. The van der Waals surface area contributed by atoms with Gasteiger partial charge in [-0.15, -0.1) is 0 Å². The van der Waals surface area contributed by atoms with Gasteiger partial charge in [0.15, 0.2) is 0 Å². The molecule has 0 amide bonds. The number of hydrogen-bond donors (Lipinski definition) is 0. The molecule has 1 radical (unpaired) electrons. The van der Waals surface area contributed by atoms with E-state index in [1.807, 2.05) is 0 Å². The van der Waals surface area contributed by atoms with Gasteiger partial charge in [-0.1, -0.05) is 23.7 Å². The predicted octanol–water partition coefficient (Wildman–Crippen LogP) is 4.95. The molecule has 0 N–H and O–H groups in total. The summed E-state index contributed by atoms with van der Waals surface area (Å²) in [5.74, 6) is 0.368. The van der Waals surface area contributed by atoms with Gasteiger partial charge in [0.1, 0.15) is 11.5 Å². The van der Waals surface area contributed by atoms with Gasteiger partial charge in [0, 0.05) is 0 Å². The Bertz CT molecular complexity index is 552. The van der Waals surface area contributed by atoms with Gasteiger partial charge in [-0.3, -0.25) is 0 Å². The van der Waals surface area contributed by atoms with Crippen LogP contribution in [0.4, 0.5) is 13.2 Å². The number of benzene rings is 2. The van der Waals surface area contributed by atoms with Crippen LogP contribution in [0.3, 0.4) is 0 Å². The summed E-state index contributed by atoms with van der Waals surface area (Å²) in [5.41, 5.74) is -0.765. The van der Waals surface area contributed by atoms with Crippen LogP contribution in [0.1, 0.15) is 5.56 Å². The summed E-state index contributed by atoms with van der Waals surface area (Å²) in [5, 5.41) is 0.287. The van der Waals surface area contributed by atoms with Crippen molar-refractivity contribution < 1.29 is 17.9 Å². The molecule has 0 aliphatic carbocycles. The van der Waals surface area contributed by atoms with Crippen LogP contribution >= 0.6 is 11.6 Å². The van der Waals surface area contributed by atoms with E-state index in [1.165, 1.54) is 24.3 Å². The van der Waals surface area contributed by atoms with Crippen LogP contribution in [-0.4, -0.2) is 0 Å². The van der Waals surface area contributed by atoms with Gasteiger partial charge in [-0.2, -0.15) is 13.2 Å². The summed E-state index contributed by atoms with van der Waals surface area (Å²) in [7, 11) is 0. The molecule has 0 heterocycles. The van der Waals surface area contributed by atoms with Crippen molar-refractivity contribution in [2.45, 2.75) is 6.18 Å². The molecule has 0 bridgehead atoms. The Morgan fingerprint density at radius 3 is 2.61 bits per heavy atom. The molecule has 5 heteroatoms. The summed E-state index contributed by atoms with van der Waals surface area (Å²) in [4.78, 5) is 0. The Hall–Kier alpha value is -1.68. The van der Waals surface area contributed by atoms with E-state index in [4.69, 9.17) is 16.3 Å². The first-order valence-corrected chi connectivity index (χ1v) is 5.35. The highest BCUT2D eigenvalue weighted by Gasteiger charge is 2.30. The molecule has 2 aromatic carbocycles. The van der Waals surface area contributed by atoms with E-state index < -0.39 is 11.7 Å². The Kier molecular flexibility index (Phi) is 3.48. The van der Waals surface area contributed by atoms with E-state index >= 15 is 0 Å². The second kappa shape index (κ2) is 4.90. The molecule has 0 saturated heterocycles. The third-order valence-corrected chi connectivity index (χ3v) is 2.46. The topological polar surface area (TPSA) is 9.23 Å². The molecule has 0 atom stereocenters. The normalized spacial score (nSPS) is 11.3. The first-order chi connectivity index (χ1) is 8.47. The monoisotopic (exact) mass is 271 g/mol. The smallest absolute Gasteiger partial charge is 0.416 e. The molecule has 0 spiro atoms. The van der Waals surface area contributed by atoms with Crippen LogP contribution in [0.25, 0.3) is 0 Å². The van der Waals surface area contributed by atoms with E-state index in [0.29, 0.717) is 0 Å². The molecule has 2 aromatic rings. The van der Waals surface area contributed by atoms with Crippen LogP contribution in [0.15, 0.2) is 42.5 Å². The third-order valence-electron chi connectivity index (χ3n) is 2.17. The Balaban J connectivity index is 2.28. The summed E-state index contributed by atoms with van der Waals surface area (Å²) >= 11 is 5.83. The van der Waals surface area contributed by atoms with Gasteiger partial charge in [-0.25, -0.2) is 0 Å². The lowest BCUT2D eigenvalue weighted by molar-refractivity contribution is -0.137. The molecule has 2 rings (SSSR count). The first kappa shape index (κ1) is 12.8. The van der Waals surface area contributed by atoms with Crippen LogP contribution in [0.2, 0.25) is 5.02 Å². The van der Waals surface area contributed by atoms with Crippen LogP contribution in [0, 0.1) is 6.07 Å². The molecule has 1 nitrogen and oxygen atoms in total. The van der Waals surface area contributed by atoms with Crippen molar-refractivity contribution in [3.8, 4) is 11.5 Å². The second-order valence-electron chi connectivity index (χ2n) is 3.48. The lowest BCUT2D eigenvalue weighted by Gasteiger charge is -2.10. The summed E-state index contributed by atoms with van der Waals surface area (Å²) in [6.07, 6.45) is -4.40. The zero-order valence-corrected chi connectivity index (χ0v) is 9.72. The maximum Gasteiger partial charge on any atom is 0.416 e. The standard InChI is InChI=1S/C13H7ClF3O/c14-11-6-1-2-7-12(11)18-10-5-3-4-9(8-10)13(15,16)17/h2-8H. The van der Waals surface area contributed by atoms with E-state index in [0.717, 1.165) is 12.1 Å². The molecule has 18 heavy (non-hydrogen) atoms. The number of hydrogen-bond acceptors (Lipinski definition) is 1. The zero-order valence-electron chi connectivity index (χ0n) is 8.96. The van der Waals surface area contributed by atoms with Gasteiger partial charge in [0.2, 0.25) is 0 Å². The molecule has 93 valence electrons. The van der Waals surface area contributed by atoms with Crippen molar-refractivity contribution in [2.24, 2.45) is 0 Å². The molecular weight excluding hydrogens is 265 g/mol. The number of halogens is 4. The summed E-state index contributed by atoms with van der Waals surface area (Å²) in [6.45, 7) is 0. The highest BCUT2D eigenvalue weighted by molar-refractivity contribution is 6.32. The van der Waals surface area contributed by atoms with Gasteiger partial charge < -0.3 is 4.74 Å². The van der Waals surface area contributed by atoms with E-state index in [1.54, 1.807) is 6.07 Å². The fraction of sp³-hybridized carbons (Fsp3) is 0.0769. The van der Waals surface area contributed by atoms with Crippen molar-refractivity contribution in [3.05, 3.63) is 59.1 Å². The minimum absolute atomic E-state index is 0.0814. The van der Waals surface area contributed by atoms with Crippen molar-refractivity contribution in [2.75, 3.05) is 0 Å². The van der Waals surface area contributed by atoms with E-state index in [-0.39, 0.29) is 16.5 Å². The van der Waals surface area contributed by atoms with E-state index in [9.17, 15) is 13.2 Å². The Labute approximate surface area is 107 Å². The van der Waals surface area contributed by atoms with Crippen LogP contribution in [-0.2, 0) is 6.18 Å². The number of ether oxygens (including phenoxy) is 1. The molecule has 0 aliphatic rings. The van der Waals surface area contributed by atoms with Crippen molar-refractivity contribution in [1.29, 1.82) is 0 Å². The van der Waals surface area contributed by atoms with Crippen molar-refractivity contribution >= 4 is 11.6 Å². The lowest BCUT2D eigenvalue weighted by atomic mass is 10.2. The molecular formula is C13H7ClF3O. The molecule has 0 aromatic heterocycles. The fourth-order valence-electron chi connectivity index (χ4n) is 1.34. The minimum atomic E-state index is -4.40. The number of alkyl halides is 3. The maximum atomic E-state index is 12.5. The molecule has 0 aliphatic heterocycles. The van der Waals surface area contributed by atoms with Gasteiger partial charge in [-0.05, 0) is 36.4 Å². The maximum absolute atomic E-state index is 12.5. The summed E-state index contributed by atoms with van der Waals surface area (Å²) in [6, 6.07) is 11.9. The largest absolute Gasteiger partial charge is 0.456 e.